The lowest BCUT2D eigenvalue weighted by molar-refractivity contribution is 0.0985. The SMILES string of the molecule is Cl.O=C(CN[C@@H]1CCCNC1)c1nccs1. The number of rotatable bonds is 4. The Hall–Kier alpha value is -0.490. The summed E-state index contributed by atoms with van der Waals surface area (Å²) in [4.78, 5) is 15.6. The molecule has 6 heteroatoms. The van der Waals surface area contributed by atoms with E-state index in [4.69, 9.17) is 0 Å². The van der Waals surface area contributed by atoms with Gasteiger partial charge in [-0.3, -0.25) is 4.79 Å². The Morgan fingerprint density at radius 1 is 1.69 bits per heavy atom. The molecule has 0 saturated carbocycles. The van der Waals surface area contributed by atoms with Gasteiger partial charge in [0.05, 0.1) is 6.54 Å². The fraction of sp³-hybridized carbons (Fsp3) is 0.600. The molecule has 0 spiro atoms. The molecular formula is C10H16ClN3OS. The van der Waals surface area contributed by atoms with E-state index >= 15 is 0 Å². The number of carbonyl (C=O) groups is 1. The summed E-state index contributed by atoms with van der Waals surface area (Å²) in [5, 5.41) is 9.00. The van der Waals surface area contributed by atoms with Gasteiger partial charge in [0.15, 0.2) is 5.01 Å². The molecule has 2 rings (SSSR count). The third kappa shape index (κ3) is 3.83. The van der Waals surface area contributed by atoms with Crippen LogP contribution in [-0.4, -0.2) is 36.4 Å². The summed E-state index contributed by atoms with van der Waals surface area (Å²) in [7, 11) is 0. The molecule has 0 aromatic carbocycles. The number of carbonyl (C=O) groups excluding carboxylic acids is 1. The van der Waals surface area contributed by atoms with Crippen molar-refractivity contribution in [2.75, 3.05) is 19.6 Å². The average molecular weight is 262 g/mol. The van der Waals surface area contributed by atoms with Gasteiger partial charge in [0.1, 0.15) is 0 Å². The summed E-state index contributed by atoms with van der Waals surface area (Å²) >= 11 is 1.40. The lowest BCUT2D eigenvalue weighted by atomic mass is 10.1. The number of aromatic nitrogens is 1. The Morgan fingerprint density at radius 3 is 3.19 bits per heavy atom. The summed E-state index contributed by atoms with van der Waals surface area (Å²) < 4.78 is 0. The molecule has 2 heterocycles. The molecule has 16 heavy (non-hydrogen) atoms. The first-order valence-electron chi connectivity index (χ1n) is 5.23. The highest BCUT2D eigenvalue weighted by atomic mass is 35.5. The maximum Gasteiger partial charge on any atom is 0.205 e. The fourth-order valence-electron chi connectivity index (χ4n) is 1.70. The van der Waals surface area contributed by atoms with Gasteiger partial charge in [0, 0.05) is 24.2 Å². The van der Waals surface area contributed by atoms with Crippen molar-refractivity contribution >= 4 is 29.5 Å². The number of hydrogen-bond acceptors (Lipinski definition) is 5. The second kappa shape index (κ2) is 6.96. The zero-order valence-corrected chi connectivity index (χ0v) is 10.6. The molecule has 0 amide bonds. The summed E-state index contributed by atoms with van der Waals surface area (Å²) in [5.74, 6) is 0.0931. The van der Waals surface area contributed by atoms with E-state index < -0.39 is 0 Å². The Labute approximate surface area is 105 Å². The fourth-order valence-corrected chi connectivity index (χ4v) is 2.28. The number of piperidine rings is 1. The van der Waals surface area contributed by atoms with Crippen molar-refractivity contribution in [2.45, 2.75) is 18.9 Å². The molecule has 1 aliphatic heterocycles. The van der Waals surface area contributed by atoms with Crippen LogP contribution in [0.25, 0.3) is 0 Å². The standard InChI is InChI=1S/C10H15N3OS.ClH/c14-9(10-12-4-5-15-10)7-13-8-2-1-3-11-6-8;/h4-5,8,11,13H,1-3,6-7H2;1H/t8-;/m1./s1. The lowest BCUT2D eigenvalue weighted by Gasteiger charge is -2.23. The summed E-state index contributed by atoms with van der Waals surface area (Å²) in [6, 6.07) is 0.433. The number of nitrogens with zero attached hydrogens (tertiary/aromatic N) is 1. The van der Waals surface area contributed by atoms with Gasteiger partial charge < -0.3 is 10.6 Å². The van der Waals surface area contributed by atoms with Crippen LogP contribution in [0.2, 0.25) is 0 Å². The van der Waals surface area contributed by atoms with Gasteiger partial charge in [-0.15, -0.1) is 23.7 Å². The highest BCUT2D eigenvalue weighted by Gasteiger charge is 2.14. The highest BCUT2D eigenvalue weighted by molar-refractivity contribution is 7.11. The minimum absolute atomic E-state index is 0. The predicted octanol–water partition coefficient (Wildman–Crippen LogP) is 1.09. The molecule has 1 atom stereocenters. The van der Waals surface area contributed by atoms with Crippen molar-refractivity contribution in [1.82, 2.24) is 15.6 Å². The van der Waals surface area contributed by atoms with E-state index in [0.717, 1.165) is 19.5 Å². The second-order valence-corrected chi connectivity index (χ2v) is 4.58. The number of ketones is 1. The van der Waals surface area contributed by atoms with Crippen LogP contribution >= 0.6 is 23.7 Å². The van der Waals surface area contributed by atoms with E-state index in [9.17, 15) is 4.79 Å². The number of halogens is 1. The first-order chi connectivity index (χ1) is 7.36. The smallest absolute Gasteiger partial charge is 0.205 e. The van der Waals surface area contributed by atoms with Crippen molar-refractivity contribution in [1.29, 1.82) is 0 Å². The number of thiazole rings is 1. The molecule has 4 nitrogen and oxygen atoms in total. The Balaban J connectivity index is 0.00000128. The maximum atomic E-state index is 11.6. The van der Waals surface area contributed by atoms with Crippen molar-refractivity contribution in [3.63, 3.8) is 0 Å². The Kier molecular flexibility index (Phi) is 5.90. The van der Waals surface area contributed by atoms with E-state index in [1.54, 1.807) is 6.20 Å². The van der Waals surface area contributed by atoms with Gasteiger partial charge in [-0.25, -0.2) is 4.98 Å². The minimum atomic E-state index is 0. The van der Waals surface area contributed by atoms with E-state index in [1.165, 1.54) is 17.8 Å². The molecule has 1 aliphatic rings. The summed E-state index contributed by atoms with van der Waals surface area (Å²) in [6.07, 6.45) is 4.00. The van der Waals surface area contributed by atoms with Crippen molar-refractivity contribution in [2.24, 2.45) is 0 Å². The maximum absolute atomic E-state index is 11.6. The lowest BCUT2D eigenvalue weighted by Crippen LogP contribution is -2.44. The third-order valence-electron chi connectivity index (χ3n) is 2.52. The van der Waals surface area contributed by atoms with E-state index in [-0.39, 0.29) is 18.2 Å². The normalized spacial score (nSPS) is 20.1. The van der Waals surface area contributed by atoms with Crippen LogP contribution in [-0.2, 0) is 0 Å². The van der Waals surface area contributed by atoms with Crippen molar-refractivity contribution < 1.29 is 4.79 Å². The van der Waals surface area contributed by atoms with Crippen LogP contribution < -0.4 is 10.6 Å². The zero-order chi connectivity index (χ0) is 10.5. The molecule has 1 aromatic rings. The third-order valence-corrected chi connectivity index (χ3v) is 3.33. The van der Waals surface area contributed by atoms with Crippen LogP contribution in [0.4, 0.5) is 0 Å². The molecule has 0 radical (unpaired) electrons. The molecule has 1 saturated heterocycles. The first-order valence-corrected chi connectivity index (χ1v) is 6.11. The molecular weight excluding hydrogens is 246 g/mol. The predicted molar refractivity (Wildman–Crippen MR) is 67.6 cm³/mol. The van der Waals surface area contributed by atoms with Gasteiger partial charge in [-0.2, -0.15) is 0 Å². The Morgan fingerprint density at radius 2 is 2.56 bits per heavy atom. The van der Waals surface area contributed by atoms with Crippen molar-refractivity contribution in [3.05, 3.63) is 16.6 Å². The van der Waals surface area contributed by atoms with Crippen LogP contribution in [0.5, 0.6) is 0 Å². The molecule has 0 aliphatic carbocycles. The quantitative estimate of drug-likeness (QED) is 0.797. The van der Waals surface area contributed by atoms with Crippen LogP contribution in [0.3, 0.4) is 0 Å². The molecule has 1 aromatic heterocycles. The molecule has 1 fully saturated rings. The monoisotopic (exact) mass is 261 g/mol. The largest absolute Gasteiger partial charge is 0.315 e. The second-order valence-electron chi connectivity index (χ2n) is 3.68. The highest BCUT2D eigenvalue weighted by Crippen LogP contribution is 2.05. The summed E-state index contributed by atoms with van der Waals surface area (Å²) in [5.41, 5.74) is 0. The van der Waals surface area contributed by atoms with Crippen LogP contribution in [0.15, 0.2) is 11.6 Å². The van der Waals surface area contributed by atoms with Gasteiger partial charge in [0.2, 0.25) is 5.78 Å². The number of Topliss-reactive ketones (excluding diaryl/α,β-unsaturated/α-hetero) is 1. The zero-order valence-electron chi connectivity index (χ0n) is 8.94. The Bertz CT molecular complexity index is 312. The first kappa shape index (κ1) is 13.6. The van der Waals surface area contributed by atoms with E-state index in [0.29, 0.717) is 17.6 Å². The average Bonchev–Trinajstić information content (AvgIpc) is 2.81. The van der Waals surface area contributed by atoms with Gasteiger partial charge in [0.25, 0.3) is 0 Å². The molecule has 0 unspecified atom stereocenters. The molecule has 2 N–H and O–H groups in total. The van der Waals surface area contributed by atoms with Crippen LogP contribution in [0.1, 0.15) is 22.6 Å². The topological polar surface area (TPSA) is 54.0 Å². The summed E-state index contributed by atoms with van der Waals surface area (Å²) in [6.45, 7) is 2.46. The van der Waals surface area contributed by atoms with Gasteiger partial charge >= 0.3 is 0 Å². The minimum Gasteiger partial charge on any atom is -0.315 e. The van der Waals surface area contributed by atoms with Crippen molar-refractivity contribution in [3.8, 4) is 0 Å². The van der Waals surface area contributed by atoms with Gasteiger partial charge in [-0.05, 0) is 19.4 Å². The number of nitrogens with one attached hydrogen (secondary N) is 2. The van der Waals surface area contributed by atoms with Crippen LogP contribution in [0, 0.1) is 0 Å². The number of hydrogen-bond donors (Lipinski definition) is 2. The van der Waals surface area contributed by atoms with Gasteiger partial charge in [-0.1, -0.05) is 0 Å². The molecule has 0 bridgehead atoms. The molecule has 90 valence electrons. The van der Waals surface area contributed by atoms with E-state index in [1.807, 2.05) is 5.38 Å². The van der Waals surface area contributed by atoms with E-state index in [2.05, 4.69) is 15.6 Å².